The average molecular weight is 227 g/mol. The Kier molecular flexibility index (Phi) is 3.22. The van der Waals surface area contributed by atoms with E-state index in [4.69, 9.17) is 4.74 Å². The van der Waals surface area contributed by atoms with Crippen LogP contribution in [-0.2, 0) is 9.53 Å². The van der Waals surface area contributed by atoms with Gasteiger partial charge in [-0.1, -0.05) is 0 Å². The zero-order valence-corrected chi connectivity index (χ0v) is 10.1. The molecule has 0 aromatic carbocycles. The molecule has 2 heterocycles. The Morgan fingerprint density at radius 1 is 1.44 bits per heavy atom. The average Bonchev–Trinajstić information content (AvgIpc) is 2.63. The van der Waals surface area contributed by atoms with Gasteiger partial charge in [-0.25, -0.2) is 0 Å². The van der Waals surface area contributed by atoms with Gasteiger partial charge in [0.25, 0.3) is 0 Å². The number of ether oxygens (including phenoxy) is 1. The van der Waals surface area contributed by atoms with Crippen LogP contribution in [0.5, 0.6) is 0 Å². The molecule has 2 unspecified atom stereocenters. The Labute approximate surface area is 96.6 Å². The zero-order chi connectivity index (χ0) is 11.8. The first-order valence-electron chi connectivity index (χ1n) is 6.12. The van der Waals surface area contributed by atoms with Gasteiger partial charge in [0.2, 0.25) is 5.91 Å². The lowest BCUT2D eigenvalue weighted by molar-refractivity contribution is -0.140. The van der Waals surface area contributed by atoms with Crippen LogP contribution < -0.4 is 0 Å². The molecule has 0 aliphatic carbocycles. The maximum absolute atomic E-state index is 12.2. The minimum Gasteiger partial charge on any atom is -0.390 e. The number of nitrogens with zero attached hydrogens (tertiary/aromatic N) is 1. The maximum Gasteiger partial charge on any atom is 0.228 e. The van der Waals surface area contributed by atoms with Crippen molar-refractivity contribution in [2.75, 3.05) is 19.7 Å². The van der Waals surface area contributed by atoms with Gasteiger partial charge in [0, 0.05) is 19.7 Å². The number of piperidine rings is 1. The molecule has 0 radical (unpaired) electrons. The number of hydrogen-bond donors (Lipinski definition) is 1. The first-order valence-corrected chi connectivity index (χ1v) is 6.12. The lowest BCUT2D eigenvalue weighted by Gasteiger charge is -2.37. The summed E-state index contributed by atoms with van der Waals surface area (Å²) in [5.74, 6) is 0.239. The topological polar surface area (TPSA) is 49.8 Å². The second-order valence-corrected chi connectivity index (χ2v) is 5.29. The van der Waals surface area contributed by atoms with E-state index in [1.165, 1.54) is 0 Å². The van der Waals surface area contributed by atoms with E-state index in [0.717, 1.165) is 6.42 Å². The van der Waals surface area contributed by atoms with E-state index in [0.29, 0.717) is 32.5 Å². The molecule has 92 valence electrons. The summed E-state index contributed by atoms with van der Waals surface area (Å²) in [5, 5.41) is 9.83. The number of likely N-dealkylation sites (tertiary alicyclic amines) is 1. The number of aliphatic hydroxyl groups is 1. The Bertz CT molecular complexity index is 267. The highest BCUT2D eigenvalue weighted by molar-refractivity contribution is 5.79. The molecule has 0 spiro atoms. The molecule has 0 saturated carbocycles. The van der Waals surface area contributed by atoms with Crippen molar-refractivity contribution >= 4 is 5.91 Å². The first kappa shape index (κ1) is 11.9. The van der Waals surface area contributed by atoms with Gasteiger partial charge in [0.05, 0.1) is 17.6 Å². The SMILES string of the molecule is CC1OCCC1C(=O)N1CCC(C)(O)CC1. The van der Waals surface area contributed by atoms with E-state index >= 15 is 0 Å². The number of carbonyl (C=O) groups excluding carboxylic acids is 1. The Morgan fingerprint density at radius 3 is 2.56 bits per heavy atom. The van der Waals surface area contributed by atoms with Gasteiger partial charge >= 0.3 is 0 Å². The van der Waals surface area contributed by atoms with Crippen molar-refractivity contribution in [1.29, 1.82) is 0 Å². The van der Waals surface area contributed by atoms with Crippen LogP contribution in [0.15, 0.2) is 0 Å². The van der Waals surface area contributed by atoms with Gasteiger partial charge in [-0.3, -0.25) is 4.79 Å². The Hall–Kier alpha value is -0.610. The fourth-order valence-electron chi connectivity index (χ4n) is 2.50. The van der Waals surface area contributed by atoms with Crippen molar-refractivity contribution in [3.05, 3.63) is 0 Å². The van der Waals surface area contributed by atoms with Crippen LogP contribution in [0.4, 0.5) is 0 Å². The Morgan fingerprint density at radius 2 is 2.06 bits per heavy atom. The third kappa shape index (κ3) is 2.38. The molecule has 2 fully saturated rings. The zero-order valence-electron chi connectivity index (χ0n) is 10.1. The molecule has 0 aromatic rings. The maximum atomic E-state index is 12.2. The van der Waals surface area contributed by atoms with Gasteiger partial charge in [-0.15, -0.1) is 0 Å². The summed E-state index contributed by atoms with van der Waals surface area (Å²) in [4.78, 5) is 14.1. The number of amides is 1. The summed E-state index contributed by atoms with van der Waals surface area (Å²) < 4.78 is 5.42. The normalized spacial score (nSPS) is 34.1. The third-order valence-corrected chi connectivity index (χ3v) is 3.85. The van der Waals surface area contributed by atoms with Crippen LogP contribution in [0.3, 0.4) is 0 Å². The van der Waals surface area contributed by atoms with Gasteiger partial charge in [0.1, 0.15) is 0 Å². The number of hydrogen-bond acceptors (Lipinski definition) is 3. The van der Waals surface area contributed by atoms with Crippen LogP contribution in [0.25, 0.3) is 0 Å². The highest BCUT2D eigenvalue weighted by Gasteiger charge is 2.36. The monoisotopic (exact) mass is 227 g/mol. The van der Waals surface area contributed by atoms with E-state index in [1.807, 2.05) is 18.7 Å². The minimum absolute atomic E-state index is 0.0306. The highest BCUT2D eigenvalue weighted by Crippen LogP contribution is 2.27. The van der Waals surface area contributed by atoms with Gasteiger partial charge in [-0.05, 0) is 33.1 Å². The fourth-order valence-corrected chi connectivity index (χ4v) is 2.50. The van der Waals surface area contributed by atoms with E-state index in [9.17, 15) is 9.90 Å². The van der Waals surface area contributed by atoms with Crippen molar-refractivity contribution in [3.8, 4) is 0 Å². The summed E-state index contributed by atoms with van der Waals surface area (Å²) in [6, 6.07) is 0. The second kappa shape index (κ2) is 4.34. The molecule has 4 heteroatoms. The van der Waals surface area contributed by atoms with Crippen molar-refractivity contribution in [2.24, 2.45) is 5.92 Å². The van der Waals surface area contributed by atoms with Gasteiger partial charge in [-0.2, -0.15) is 0 Å². The van der Waals surface area contributed by atoms with E-state index in [1.54, 1.807) is 0 Å². The largest absolute Gasteiger partial charge is 0.390 e. The van der Waals surface area contributed by atoms with Crippen LogP contribution in [0, 0.1) is 5.92 Å². The van der Waals surface area contributed by atoms with E-state index in [2.05, 4.69) is 0 Å². The third-order valence-electron chi connectivity index (χ3n) is 3.85. The molecular formula is C12H21NO3. The van der Waals surface area contributed by atoms with Crippen molar-refractivity contribution < 1.29 is 14.6 Å². The number of carbonyl (C=O) groups is 1. The summed E-state index contributed by atoms with van der Waals surface area (Å²) in [7, 11) is 0. The van der Waals surface area contributed by atoms with Crippen molar-refractivity contribution in [3.63, 3.8) is 0 Å². The molecule has 16 heavy (non-hydrogen) atoms. The molecule has 1 N–H and O–H groups in total. The van der Waals surface area contributed by atoms with Crippen molar-refractivity contribution in [1.82, 2.24) is 4.90 Å². The van der Waals surface area contributed by atoms with Crippen LogP contribution in [-0.4, -0.2) is 47.3 Å². The summed E-state index contributed by atoms with van der Waals surface area (Å²) >= 11 is 0. The predicted molar refractivity (Wildman–Crippen MR) is 60.0 cm³/mol. The lowest BCUT2D eigenvalue weighted by Crippen LogP contribution is -2.48. The smallest absolute Gasteiger partial charge is 0.228 e. The molecule has 2 aliphatic heterocycles. The first-order chi connectivity index (χ1) is 7.49. The van der Waals surface area contributed by atoms with Crippen LogP contribution >= 0.6 is 0 Å². The predicted octanol–water partition coefficient (Wildman–Crippen LogP) is 0.785. The summed E-state index contributed by atoms with van der Waals surface area (Å²) in [5.41, 5.74) is -0.589. The molecule has 1 amide bonds. The van der Waals surface area contributed by atoms with Crippen LogP contribution in [0.1, 0.15) is 33.1 Å². The molecule has 2 atom stereocenters. The molecule has 4 nitrogen and oxygen atoms in total. The molecule has 0 aromatic heterocycles. The van der Waals surface area contributed by atoms with Gasteiger partial charge < -0.3 is 14.7 Å². The Balaban J connectivity index is 1.91. The standard InChI is InChI=1S/C12H21NO3/c1-9-10(3-8-16-9)11(14)13-6-4-12(2,15)5-7-13/h9-10,15H,3-8H2,1-2H3. The van der Waals surface area contributed by atoms with Crippen molar-refractivity contribution in [2.45, 2.75) is 44.8 Å². The van der Waals surface area contributed by atoms with E-state index in [-0.39, 0.29) is 17.9 Å². The fraction of sp³-hybridized carbons (Fsp3) is 0.917. The van der Waals surface area contributed by atoms with E-state index < -0.39 is 5.60 Å². The van der Waals surface area contributed by atoms with Gasteiger partial charge in [0.15, 0.2) is 0 Å². The molecule has 2 rings (SSSR count). The highest BCUT2D eigenvalue weighted by atomic mass is 16.5. The summed E-state index contributed by atoms with van der Waals surface area (Å²) in [6.07, 6.45) is 2.25. The molecule has 2 saturated heterocycles. The molecule has 0 bridgehead atoms. The minimum atomic E-state index is -0.589. The van der Waals surface area contributed by atoms with Crippen LogP contribution in [0.2, 0.25) is 0 Å². The number of rotatable bonds is 1. The quantitative estimate of drug-likeness (QED) is 0.720. The molecular weight excluding hydrogens is 206 g/mol. The summed E-state index contributed by atoms with van der Waals surface area (Å²) in [6.45, 7) is 5.86. The lowest BCUT2D eigenvalue weighted by atomic mass is 9.92. The molecule has 2 aliphatic rings. The second-order valence-electron chi connectivity index (χ2n) is 5.29.